The summed E-state index contributed by atoms with van der Waals surface area (Å²) in [4.78, 5) is 18.7. The van der Waals surface area contributed by atoms with Crippen molar-refractivity contribution in [2.24, 2.45) is 7.05 Å². The molecule has 0 aliphatic carbocycles. The quantitative estimate of drug-likeness (QED) is 0.737. The van der Waals surface area contributed by atoms with Crippen LogP contribution >= 0.6 is 0 Å². The molecule has 0 aliphatic rings. The van der Waals surface area contributed by atoms with Gasteiger partial charge in [0, 0.05) is 19.2 Å². The number of anilines is 1. The largest absolute Gasteiger partial charge is 0.468 e. The van der Waals surface area contributed by atoms with E-state index in [1.165, 1.54) is 0 Å². The number of rotatable bonds is 6. The maximum Gasteiger partial charge on any atom is 0.258 e. The van der Waals surface area contributed by atoms with E-state index in [-0.39, 0.29) is 11.9 Å². The first-order valence-corrected chi connectivity index (χ1v) is 8.45. The van der Waals surface area contributed by atoms with Crippen LogP contribution in [0.4, 0.5) is 5.95 Å². The highest BCUT2D eigenvalue weighted by molar-refractivity contribution is 6.03. The highest BCUT2D eigenvalue weighted by atomic mass is 16.3. The molecule has 3 aromatic rings. The maximum absolute atomic E-state index is 12.3. The van der Waals surface area contributed by atoms with Gasteiger partial charge < -0.3 is 4.42 Å². The molecule has 7 heteroatoms. The average Bonchev–Trinajstić information content (AvgIpc) is 3.25. The summed E-state index contributed by atoms with van der Waals surface area (Å²) >= 11 is 0. The number of hydrogen-bond donors (Lipinski definition) is 1. The third-order valence-corrected chi connectivity index (χ3v) is 4.47. The first-order valence-electron chi connectivity index (χ1n) is 8.45. The molecule has 0 radical (unpaired) electrons. The second-order valence-electron chi connectivity index (χ2n) is 6.36. The number of nitrogens with one attached hydrogen (secondary N) is 1. The molecule has 0 saturated heterocycles. The van der Waals surface area contributed by atoms with Crippen LogP contribution in [-0.2, 0) is 13.6 Å². The number of amides is 1. The predicted octanol–water partition coefficient (Wildman–Crippen LogP) is 3.16. The Morgan fingerprint density at radius 1 is 1.31 bits per heavy atom. The molecule has 0 saturated carbocycles. The molecule has 0 spiro atoms. The molecule has 26 heavy (non-hydrogen) atoms. The van der Waals surface area contributed by atoms with E-state index in [4.69, 9.17) is 4.42 Å². The Bertz CT molecular complexity index is 848. The first-order chi connectivity index (χ1) is 12.4. The van der Waals surface area contributed by atoms with Crippen LogP contribution in [-0.4, -0.2) is 32.6 Å². The van der Waals surface area contributed by atoms with Crippen molar-refractivity contribution in [2.45, 2.75) is 26.4 Å². The van der Waals surface area contributed by atoms with E-state index in [1.54, 1.807) is 18.0 Å². The predicted molar refractivity (Wildman–Crippen MR) is 98.7 cm³/mol. The summed E-state index contributed by atoms with van der Waals surface area (Å²) < 4.78 is 7.08. The molecular weight excluding hydrogens is 330 g/mol. The van der Waals surface area contributed by atoms with Gasteiger partial charge in [0.05, 0.1) is 12.3 Å². The van der Waals surface area contributed by atoms with Crippen LogP contribution in [0.5, 0.6) is 0 Å². The minimum atomic E-state index is -0.223. The topological polar surface area (TPSA) is 76.2 Å². The molecule has 0 bridgehead atoms. The van der Waals surface area contributed by atoms with Crippen molar-refractivity contribution >= 4 is 11.9 Å². The molecule has 0 aliphatic heterocycles. The molecule has 1 aromatic carbocycles. The monoisotopic (exact) mass is 353 g/mol. The van der Waals surface area contributed by atoms with Crippen molar-refractivity contribution in [1.29, 1.82) is 0 Å². The van der Waals surface area contributed by atoms with E-state index in [0.29, 0.717) is 11.5 Å². The number of carbonyl (C=O) groups is 1. The Morgan fingerprint density at radius 3 is 2.62 bits per heavy atom. The summed E-state index contributed by atoms with van der Waals surface area (Å²) in [5.74, 6) is 1.76. The third kappa shape index (κ3) is 4.00. The van der Waals surface area contributed by atoms with E-state index in [1.807, 2.05) is 50.4 Å². The summed E-state index contributed by atoms with van der Waals surface area (Å²) in [6.07, 6.45) is 1.69. The summed E-state index contributed by atoms with van der Waals surface area (Å²) in [5, 5.41) is 6.85. The van der Waals surface area contributed by atoms with Gasteiger partial charge in [-0.3, -0.25) is 19.7 Å². The van der Waals surface area contributed by atoms with Crippen molar-refractivity contribution in [3.05, 3.63) is 65.4 Å². The Labute approximate surface area is 152 Å². The van der Waals surface area contributed by atoms with Gasteiger partial charge in [0.2, 0.25) is 5.95 Å². The molecule has 1 atom stereocenters. The van der Waals surface area contributed by atoms with Crippen LogP contribution in [0.3, 0.4) is 0 Å². The van der Waals surface area contributed by atoms with Crippen molar-refractivity contribution < 1.29 is 9.21 Å². The Balaban J connectivity index is 1.61. The SMILES string of the molecule is Cc1nc(NC(=O)c2ccc(CN(C)[C@@H](C)c3ccco3)cc2)nn1C. The summed E-state index contributed by atoms with van der Waals surface area (Å²) in [5.41, 5.74) is 1.69. The zero-order valence-corrected chi connectivity index (χ0v) is 15.4. The number of benzene rings is 1. The van der Waals surface area contributed by atoms with Crippen LogP contribution in [0.25, 0.3) is 0 Å². The molecule has 7 nitrogen and oxygen atoms in total. The second kappa shape index (κ2) is 7.53. The van der Waals surface area contributed by atoms with Crippen LogP contribution in [0, 0.1) is 6.92 Å². The van der Waals surface area contributed by atoms with Gasteiger partial charge in [-0.15, -0.1) is 5.10 Å². The van der Waals surface area contributed by atoms with Gasteiger partial charge in [-0.05, 0) is 50.7 Å². The Kier molecular flexibility index (Phi) is 5.18. The molecule has 2 aromatic heterocycles. The fraction of sp³-hybridized carbons (Fsp3) is 0.316. The fourth-order valence-corrected chi connectivity index (χ4v) is 2.62. The van der Waals surface area contributed by atoms with Gasteiger partial charge in [0.1, 0.15) is 11.6 Å². The van der Waals surface area contributed by atoms with E-state index < -0.39 is 0 Å². The van der Waals surface area contributed by atoms with Crippen molar-refractivity contribution in [1.82, 2.24) is 19.7 Å². The van der Waals surface area contributed by atoms with Gasteiger partial charge in [-0.1, -0.05) is 12.1 Å². The van der Waals surface area contributed by atoms with E-state index in [2.05, 4.69) is 27.2 Å². The molecule has 1 N–H and O–H groups in total. The lowest BCUT2D eigenvalue weighted by molar-refractivity contribution is 0.102. The molecular formula is C19H23N5O2. The molecule has 0 unspecified atom stereocenters. The van der Waals surface area contributed by atoms with Crippen molar-refractivity contribution in [2.75, 3.05) is 12.4 Å². The summed E-state index contributed by atoms with van der Waals surface area (Å²) in [7, 11) is 3.83. The van der Waals surface area contributed by atoms with Gasteiger partial charge in [-0.25, -0.2) is 0 Å². The lowest BCUT2D eigenvalue weighted by Gasteiger charge is -2.23. The highest BCUT2D eigenvalue weighted by Crippen LogP contribution is 2.21. The van der Waals surface area contributed by atoms with E-state index in [9.17, 15) is 4.79 Å². The molecule has 3 rings (SSSR count). The van der Waals surface area contributed by atoms with Crippen LogP contribution in [0.1, 0.15) is 40.5 Å². The van der Waals surface area contributed by atoms with Gasteiger partial charge >= 0.3 is 0 Å². The smallest absolute Gasteiger partial charge is 0.258 e. The molecule has 1 amide bonds. The number of nitrogens with zero attached hydrogens (tertiary/aromatic N) is 4. The molecule has 136 valence electrons. The Hall–Kier alpha value is -2.93. The summed E-state index contributed by atoms with van der Waals surface area (Å²) in [6, 6.07) is 11.6. The lowest BCUT2D eigenvalue weighted by Crippen LogP contribution is -2.21. The Morgan fingerprint density at radius 2 is 2.04 bits per heavy atom. The van der Waals surface area contributed by atoms with Crippen LogP contribution in [0.2, 0.25) is 0 Å². The normalized spacial score (nSPS) is 12.3. The summed E-state index contributed by atoms with van der Waals surface area (Å²) in [6.45, 7) is 4.69. The number of carbonyl (C=O) groups excluding carboxylic acids is 1. The number of aryl methyl sites for hydroxylation is 2. The van der Waals surface area contributed by atoms with Gasteiger partial charge in [0.15, 0.2) is 0 Å². The zero-order valence-electron chi connectivity index (χ0n) is 15.4. The van der Waals surface area contributed by atoms with Crippen LogP contribution < -0.4 is 5.32 Å². The average molecular weight is 353 g/mol. The highest BCUT2D eigenvalue weighted by Gasteiger charge is 2.15. The minimum Gasteiger partial charge on any atom is -0.468 e. The lowest BCUT2D eigenvalue weighted by atomic mass is 10.1. The van der Waals surface area contributed by atoms with Crippen molar-refractivity contribution in [3.8, 4) is 0 Å². The third-order valence-electron chi connectivity index (χ3n) is 4.47. The van der Waals surface area contributed by atoms with E-state index in [0.717, 1.165) is 23.7 Å². The molecule has 0 fully saturated rings. The molecule has 2 heterocycles. The standard InChI is InChI=1S/C19H23N5O2/c1-13(17-6-5-11-26-17)23(3)12-15-7-9-16(10-8-15)18(25)21-19-20-14(2)24(4)22-19/h5-11,13H,12H2,1-4H3,(H,21,22,25)/t13-/m0/s1. The second-order valence-corrected chi connectivity index (χ2v) is 6.36. The minimum absolute atomic E-state index is 0.173. The van der Waals surface area contributed by atoms with Gasteiger partial charge in [-0.2, -0.15) is 4.98 Å². The van der Waals surface area contributed by atoms with Gasteiger partial charge in [0.25, 0.3) is 5.91 Å². The van der Waals surface area contributed by atoms with E-state index >= 15 is 0 Å². The van der Waals surface area contributed by atoms with Crippen LogP contribution in [0.15, 0.2) is 47.1 Å². The number of hydrogen-bond acceptors (Lipinski definition) is 5. The first kappa shape index (κ1) is 17.9. The maximum atomic E-state index is 12.3. The fourth-order valence-electron chi connectivity index (χ4n) is 2.62. The number of furan rings is 1. The van der Waals surface area contributed by atoms with Crippen molar-refractivity contribution in [3.63, 3.8) is 0 Å². The zero-order chi connectivity index (χ0) is 18.7. The number of aromatic nitrogens is 3.